The van der Waals surface area contributed by atoms with Gasteiger partial charge in [-0.15, -0.1) is 0 Å². The summed E-state index contributed by atoms with van der Waals surface area (Å²) in [6.07, 6.45) is 8.66. The average Bonchev–Trinajstić information content (AvgIpc) is 3.25. The molecule has 1 aliphatic carbocycles. The van der Waals surface area contributed by atoms with Crippen LogP contribution in [0, 0.1) is 0 Å². The van der Waals surface area contributed by atoms with Crippen LogP contribution in [0.1, 0.15) is 30.4 Å². The molecular weight excluding hydrogens is 434 g/mol. The van der Waals surface area contributed by atoms with Crippen LogP contribution in [0.15, 0.2) is 71.9 Å². The summed E-state index contributed by atoms with van der Waals surface area (Å²) in [5, 5.41) is 12.4. The first-order chi connectivity index (χ1) is 15.9. The maximum absolute atomic E-state index is 13.0. The van der Waals surface area contributed by atoms with Crippen molar-refractivity contribution in [1.82, 2.24) is 14.6 Å². The molecule has 2 N–H and O–H groups in total. The van der Waals surface area contributed by atoms with Crippen LogP contribution in [0.25, 0.3) is 16.3 Å². The number of nitrogens with zero attached hydrogens (tertiary/aromatic N) is 2. The van der Waals surface area contributed by atoms with Gasteiger partial charge in [0.1, 0.15) is 0 Å². The van der Waals surface area contributed by atoms with Crippen LogP contribution in [-0.2, 0) is 16.4 Å². The number of aromatic nitrogens is 1. The molecule has 1 aliphatic heterocycles. The Bertz CT molecular complexity index is 1290. The highest BCUT2D eigenvalue weighted by Gasteiger charge is 2.34. The lowest BCUT2D eigenvalue weighted by molar-refractivity contribution is -0.0155. The van der Waals surface area contributed by atoms with Crippen LogP contribution >= 0.6 is 0 Å². The van der Waals surface area contributed by atoms with Crippen LogP contribution in [0.2, 0.25) is 0 Å². The molecule has 2 heterocycles. The van der Waals surface area contributed by atoms with E-state index in [1.807, 2.05) is 6.07 Å². The molecule has 33 heavy (non-hydrogen) atoms. The highest BCUT2D eigenvalue weighted by atomic mass is 32.2. The summed E-state index contributed by atoms with van der Waals surface area (Å²) >= 11 is 0. The molecule has 0 radical (unpaired) electrons. The maximum Gasteiger partial charge on any atom is 0.241 e. The Morgan fingerprint density at radius 1 is 1.06 bits per heavy atom. The maximum atomic E-state index is 13.0. The van der Waals surface area contributed by atoms with Gasteiger partial charge in [0.15, 0.2) is 0 Å². The molecule has 7 heteroatoms. The van der Waals surface area contributed by atoms with E-state index in [0.717, 1.165) is 37.9 Å². The van der Waals surface area contributed by atoms with Gasteiger partial charge in [-0.2, -0.15) is 0 Å². The average molecular weight is 464 g/mol. The fourth-order valence-corrected chi connectivity index (χ4v) is 6.22. The molecule has 1 aromatic heterocycles. The second-order valence-electron chi connectivity index (χ2n) is 9.08. The Morgan fingerprint density at radius 3 is 2.73 bits per heavy atom. The summed E-state index contributed by atoms with van der Waals surface area (Å²) in [7, 11) is -3.75. The SMILES string of the molecule is O=S(=O)(NCC1(O)CCN(CCC2=CCc3ccccc32)CC1)c1cccc2cnccc12. The fourth-order valence-electron chi connectivity index (χ4n) is 4.87. The molecule has 172 valence electrons. The van der Waals surface area contributed by atoms with Gasteiger partial charge in [0, 0.05) is 49.3 Å². The minimum absolute atomic E-state index is 0.0170. The van der Waals surface area contributed by atoms with E-state index in [0.29, 0.717) is 18.2 Å². The lowest BCUT2D eigenvalue weighted by Gasteiger charge is -2.38. The zero-order valence-electron chi connectivity index (χ0n) is 18.6. The summed E-state index contributed by atoms with van der Waals surface area (Å²) in [5.41, 5.74) is 3.14. The van der Waals surface area contributed by atoms with Crippen LogP contribution in [0.4, 0.5) is 0 Å². The number of allylic oxidation sites excluding steroid dienone is 1. The van der Waals surface area contributed by atoms with Gasteiger partial charge in [0.2, 0.25) is 10.0 Å². The first-order valence-corrected chi connectivity index (χ1v) is 13.0. The number of benzene rings is 2. The summed E-state index contributed by atoms with van der Waals surface area (Å²) < 4.78 is 28.6. The quantitative estimate of drug-likeness (QED) is 0.561. The van der Waals surface area contributed by atoms with E-state index in [4.69, 9.17) is 0 Å². The Hall–Kier alpha value is -2.58. The minimum Gasteiger partial charge on any atom is -0.388 e. The number of hydrogen-bond donors (Lipinski definition) is 2. The van der Waals surface area contributed by atoms with Crippen molar-refractivity contribution in [3.63, 3.8) is 0 Å². The van der Waals surface area contributed by atoms with E-state index in [9.17, 15) is 13.5 Å². The Labute approximate surface area is 195 Å². The van der Waals surface area contributed by atoms with Crippen LogP contribution < -0.4 is 4.72 Å². The van der Waals surface area contributed by atoms with Crippen molar-refractivity contribution in [3.05, 3.63) is 78.1 Å². The topological polar surface area (TPSA) is 82.5 Å². The normalized spacial score (nSPS) is 18.3. The van der Waals surface area contributed by atoms with Gasteiger partial charge in [-0.05, 0) is 54.5 Å². The van der Waals surface area contributed by atoms with Crippen LogP contribution in [0.3, 0.4) is 0 Å². The Balaban J connectivity index is 1.16. The molecule has 3 aromatic rings. The van der Waals surface area contributed by atoms with Gasteiger partial charge < -0.3 is 10.0 Å². The summed E-state index contributed by atoms with van der Waals surface area (Å²) in [6, 6.07) is 15.4. The minimum atomic E-state index is -3.75. The van der Waals surface area contributed by atoms with E-state index >= 15 is 0 Å². The summed E-state index contributed by atoms with van der Waals surface area (Å²) in [4.78, 5) is 6.64. The molecule has 5 rings (SSSR count). The van der Waals surface area contributed by atoms with Gasteiger partial charge >= 0.3 is 0 Å². The van der Waals surface area contributed by atoms with Gasteiger partial charge in [-0.25, -0.2) is 13.1 Å². The molecule has 2 aromatic carbocycles. The van der Waals surface area contributed by atoms with E-state index in [1.165, 1.54) is 16.7 Å². The molecule has 0 saturated carbocycles. The van der Waals surface area contributed by atoms with Gasteiger partial charge in [-0.1, -0.05) is 42.5 Å². The van der Waals surface area contributed by atoms with E-state index in [2.05, 4.69) is 44.9 Å². The highest BCUT2D eigenvalue weighted by Crippen LogP contribution is 2.31. The summed E-state index contributed by atoms with van der Waals surface area (Å²) in [6.45, 7) is 2.48. The molecule has 1 fully saturated rings. The van der Waals surface area contributed by atoms with Crippen LogP contribution in [-0.4, -0.2) is 55.2 Å². The smallest absolute Gasteiger partial charge is 0.241 e. The molecule has 0 spiro atoms. The number of likely N-dealkylation sites (tertiary alicyclic amines) is 1. The number of nitrogens with one attached hydrogen (secondary N) is 1. The number of sulfonamides is 1. The Morgan fingerprint density at radius 2 is 1.88 bits per heavy atom. The van der Waals surface area contributed by atoms with Crippen LogP contribution in [0.5, 0.6) is 0 Å². The van der Waals surface area contributed by atoms with E-state index in [-0.39, 0.29) is 11.4 Å². The van der Waals surface area contributed by atoms with Crippen molar-refractivity contribution in [3.8, 4) is 0 Å². The number of piperidine rings is 1. The highest BCUT2D eigenvalue weighted by molar-refractivity contribution is 7.89. The molecule has 0 bridgehead atoms. The molecular formula is C26H29N3O3S. The summed E-state index contributed by atoms with van der Waals surface area (Å²) in [5.74, 6) is 0. The lowest BCUT2D eigenvalue weighted by atomic mass is 9.91. The van der Waals surface area contributed by atoms with Crippen molar-refractivity contribution in [2.24, 2.45) is 0 Å². The standard InChI is InChI=1S/C26H29N3O3S/c30-26(19-28-33(31,32)25-7-3-5-22-18-27-14-10-24(22)25)12-16-29(17-13-26)15-11-21-9-8-20-4-1-2-6-23(20)21/h1-7,9-10,14,18,28,30H,8,11-13,15-17,19H2. The zero-order chi connectivity index (χ0) is 22.9. The third kappa shape index (κ3) is 4.73. The first-order valence-electron chi connectivity index (χ1n) is 11.5. The molecule has 0 atom stereocenters. The fraction of sp³-hybridized carbons (Fsp3) is 0.346. The van der Waals surface area contributed by atoms with E-state index < -0.39 is 15.6 Å². The molecule has 0 amide bonds. The second-order valence-corrected chi connectivity index (χ2v) is 10.8. The number of rotatable bonds is 7. The number of pyridine rings is 1. The van der Waals surface area contributed by atoms with Gasteiger partial charge in [0.25, 0.3) is 0 Å². The van der Waals surface area contributed by atoms with E-state index in [1.54, 1.807) is 30.6 Å². The molecule has 6 nitrogen and oxygen atoms in total. The number of fused-ring (bicyclic) bond motifs is 2. The Kier molecular flexibility index (Phi) is 6.05. The lowest BCUT2D eigenvalue weighted by Crippen LogP contribution is -2.50. The van der Waals surface area contributed by atoms with Crippen molar-refractivity contribution < 1.29 is 13.5 Å². The monoisotopic (exact) mass is 463 g/mol. The van der Waals surface area contributed by atoms with Crippen molar-refractivity contribution in [2.75, 3.05) is 26.2 Å². The van der Waals surface area contributed by atoms with Crippen molar-refractivity contribution >= 4 is 26.4 Å². The van der Waals surface area contributed by atoms with Gasteiger partial charge in [0.05, 0.1) is 10.5 Å². The third-order valence-corrected chi connectivity index (χ3v) is 8.40. The van der Waals surface area contributed by atoms with Crippen molar-refractivity contribution in [1.29, 1.82) is 0 Å². The molecule has 2 aliphatic rings. The first kappa shape index (κ1) is 22.2. The molecule has 0 unspecified atom stereocenters. The predicted molar refractivity (Wildman–Crippen MR) is 130 cm³/mol. The second kappa shape index (κ2) is 8.99. The third-order valence-electron chi connectivity index (χ3n) is 6.94. The van der Waals surface area contributed by atoms with Crippen molar-refractivity contribution in [2.45, 2.75) is 36.2 Å². The molecule has 1 saturated heterocycles. The van der Waals surface area contributed by atoms with Gasteiger partial charge in [-0.3, -0.25) is 4.98 Å². The number of aliphatic hydroxyl groups is 1. The largest absolute Gasteiger partial charge is 0.388 e. The number of hydrogen-bond acceptors (Lipinski definition) is 5. The zero-order valence-corrected chi connectivity index (χ0v) is 19.4. The predicted octanol–water partition coefficient (Wildman–Crippen LogP) is 3.37.